The zero-order chi connectivity index (χ0) is 12.8. The Bertz CT molecular complexity index is 363. The first-order valence-electron chi connectivity index (χ1n) is 5.31. The maximum Gasteiger partial charge on any atom is 0.308 e. The Morgan fingerprint density at radius 1 is 1.35 bits per heavy atom. The maximum atomic E-state index is 12.6. The summed E-state index contributed by atoms with van der Waals surface area (Å²) < 4.78 is 17.3. The first-order chi connectivity index (χ1) is 8.04. The van der Waals surface area contributed by atoms with Gasteiger partial charge in [-0.3, -0.25) is 4.79 Å². The lowest BCUT2D eigenvalue weighted by Gasteiger charge is -2.17. The summed E-state index contributed by atoms with van der Waals surface area (Å²) in [6, 6.07) is 5.06. The molecule has 0 bridgehead atoms. The van der Waals surface area contributed by atoms with Crippen molar-refractivity contribution in [1.29, 1.82) is 0 Å². The van der Waals surface area contributed by atoms with Crippen LogP contribution in [0.25, 0.3) is 0 Å². The number of carbonyl (C=O) groups is 1. The standard InChI is InChI=1S/C12H15FO4/c1-2-17-11(15)7-10(14)12(16)8-3-5-9(13)6-4-8/h3-6,10,12,14,16H,2,7H2,1H3. The minimum absolute atomic E-state index is 0.220. The van der Waals surface area contributed by atoms with Gasteiger partial charge in [0.15, 0.2) is 0 Å². The van der Waals surface area contributed by atoms with Gasteiger partial charge in [-0.25, -0.2) is 4.39 Å². The lowest BCUT2D eigenvalue weighted by Crippen LogP contribution is -2.23. The molecule has 0 spiro atoms. The van der Waals surface area contributed by atoms with E-state index >= 15 is 0 Å². The smallest absolute Gasteiger partial charge is 0.308 e. The van der Waals surface area contributed by atoms with E-state index in [0.717, 1.165) is 0 Å². The normalized spacial score (nSPS) is 14.1. The molecule has 17 heavy (non-hydrogen) atoms. The number of halogens is 1. The van der Waals surface area contributed by atoms with Crippen LogP contribution in [-0.2, 0) is 9.53 Å². The summed E-state index contributed by atoms with van der Waals surface area (Å²) in [6.07, 6.45) is -2.80. The van der Waals surface area contributed by atoms with Crippen molar-refractivity contribution in [2.24, 2.45) is 0 Å². The average Bonchev–Trinajstić information content (AvgIpc) is 2.29. The summed E-state index contributed by atoms with van der Waals surface area (Å²) >= 11 is 0. The van der Waals surface area contributed by atoms with Crippen LogP contribution in [0.5, 0.6) is 0 Å². The molecule has 2 unspecified atom stereocenters. The van der Waals surface area contributed by atoms with Gasteiger partial charge >= 0.3 is 5.97 Å². The molecular weight excluding hydrogens is 227 g/mol. The highest BCUT2D eigenvalue weighted by atomic mass is 19.1. The lowest BCUT2D eigenvalue weighted by atomic mass is 10.0. The number of aliphatic hydroxyl groups is 2. The molecule has 1 rings (SSSR count). The van der Waals surface area contributed by atoms with Crippen LogP contribution in [0, 0.1) is 5.82 Å². The molecule has 2 N–H and O–H groups in total. The van der Waals surface area contributed by atoms with Gasteiger partial charge in [-0.15, -0.1) is 0 Å². The second kappa shape index (κ2) is 6.32. The van der Waals surface area contributed by atoms with E-state index in [0.29, 0.717) is 5.56 Å². The van der Waals surface area contributed by atoms with Crippen LogP contribution in [0.3, 0.4) is 0 Å². The zero-order valence-electron chi connectivity index (χ0n) is 9.47. The topological polar surface area (TPSA) is 66.8 Å². The van der Waals surface area contributed by atoms with Crippen molar-refractivity contribution in [2.75, 3.05) is 6.61 Å². The molecular formula is C12H15FO4. The van der Waals surface area contributed by atoms with Crippen molar-refractivity contribution in [1.82, 2.24) is 0 Å². The van der Waals surface area contributed by atoms with E-state index in [9.17, 15) is 19.4 Å². The number of benzene rings is 1. The molecule has 1 aromatic carbocycles. The van der Waals surface area contributed by atoms with Crippen LogP contribution in [0.4, 0.5) is 4.39 Å². The molecule has 94 valence electrons. The Morgan fingerprint density at radius 3 is 2.47 bits per heavy atom. The van der Waals surface area contributed by atoms with E-state index in [1.165, 1.54) is 24.3 Å². The second-order valence-electron chi connectivity index (χ2n) is 3.57. The largest absolute Gasteiger partial charge is 0.466 e. The van der Waals surface area contributed by atoms with E-state index in [-0.39, 0.29) is 13.0 Å². The molecule has 0 amide bonds. The van der Waals surface area contributed by atoms with E-state index in [1.54, 1.807) is 6.92 Å². The fourth-order valence-electron chi connectivity index (χ4n) is 1.38. The Balaban J connectivity index is 2.60. The van der Waals surface area contributed by atoms with Crippen LogP contribution >= 0.6 is 0 Å². The zero-order valence-corrected chi connectivity index (χ0v) is 9.47. The third-order valence-electron chi connectivity index (χ3n) is 2.26. The second-order valence-corrected chi connectivity index (χ2v) is 3.57. The Morgan fingerprint density at radius 2 is 1.94 bits per heavy atom. The number of aliphatic hydroxyl groups excluding tert-OH is 2. The first kappa shape index (κ1) is 13.6. The fourth-order valence-corrected chi connectivity index (χ4v) is 1.38. The predicted molar refractivity (Wildman–Crippen MR) is 58.6 cm³/mol. The van der Waals surface area contributed by atoms with Gasteiger partial charge in [-0.2, -0.15) is 0 Å². The number of hydrogen-bond donors (Lipinski definition) is 2. The fraction of sp³-hybridized carbons (Fsp3) is 0.417. The maximum absolute atomic E-state index is 12.6. The van der Waals surface area contributed by atoms with Gasteiger partial charge in [0.25, 0.3) is 0 Å². The summed E-state index contributed by atoms with van der Waals surface area (Å²) in [5, 5.41) is 19.3. The Kier molecular flexibility index (Phi) is 5.06. The molecule has 1 aromatic rings. The molecule has 0 aliphatic rings. The lowest BCUT2D eigenvalue weighted by molar-refractivity contribution is -0.147. The SMILES string of the molecule is CCOC(=O)CC(O)C(O)c1ccc(F)cc1. The number of ether oxygens (including phenoxy) is 1. The van der Waals surface area contributed by atoms with Crippen LogP contribution in [-0.4, -0.2) is 28.9 Å². The molecule has 0 fully saturated rings. The van der Waals surface area contributed by atoms with E-state index < -0.39 is 24.0 Å². The van der Waals surface area contributed by atoms with Gasteiger partial charge in [0.05, 0.1) is 19.1 Å². The van der Waals surface area contributed by atoms with Crippen LogP contribution in [0.1, 0.15) is 25.0 Å². The van der Waals surface area contributed by atoms with Crippen molar-refractivity contribution in [3.05, 3.63) is 35.6 Å². The van der Waals surface area contributed by atoms with Crippen LogP contribution < -0.4 is 0 Å². The predicted octanol–water partition coefficient (Wildman–Crippen LogP) is 1.17. The molecule has 0 saturated carbocycles. The molecule has 2 atom stereocenters. The summed E-state index contributed by atoms with van der Waals surface area (Å²) in [5.74, 6) is -1.01. The molecule has 0 radical (unpaired) electrons. The Hall–Kier alpha value is -1.46. The number of carbonyl (C=O) groups excluding carboxylic acids is 1. The molecule has 4 nitrogen and oxygen atoms in total. The van der Waals surface area contributed by atoms with Crippen LogP contribution in [0.2, 0.25) is 0 Å². The van der Waals surface area contributed by atoms with Gasteiger partial charge < -0.3 is 14.9 Å². The minimum atomic E-state index is -1.26. The Labute approximate surface area is 98.7 Å². The number of rotatable bonds is 5. The summed E-state index contributed by atoms with van der Waals surface area (Å²) in [4.78, 5) is 11.1. The molecule has 0 heterocycles. The van der Waals surface area contributed by atoms with E-state index in [1.807, 2.05) is 0 Å². The van der Waals surface area contributed by atoms with E-state index in [2.05, 4.69) is 4.74 Å². The average molecular weight is 242 g/mol. The van der Waals surface area contributed by atoms with Gasteiger partial charge in [-0.1, -0.05) is 12.1 Å². The van der Waals surface area contributed by atoms with Crippen LogP contribution in [0.15, 0.2) is 24.3 Å². The molecule has 0 saturated heterocycles. The summed E-state index contributed by atoms with van der Waals surface area (Å²) in [5.41, 5.74) is 0.350. The quantitative estimate of drug-likeness (QED) is 0.761. The highest BCUT2D eigenvalue weighted by molar-refractivity contribution is 5.70. The van der Waals surface area contributed by atoms with Gasteiger partial charge in [0.1, 0.15) is 11.9 Å². The molecule has 0 aliphatic carbocycles. The van der Waals surface area contributed by atoms with Gasteiger partial charge in [-0.05, 0) is 24.6 Å². The number of hydrogen-bond acceptors (Lipinski definition) is 4. The summed E-state index contributed by atoms with van der Waals surface area (Å²) in [6.45, 7) is 1.87. The van der Waals surface area contributed by atoms with Gasteiger partial charge in [0.2, 0.25) is 0 Å². The van der Waals surface area contributed by atoms with Crippen molar-refractivity contribution < 1.29 is 24.1 Å². The van der Waals surface area contributed by atoms with Crippen molar-refractivity contribution in [3.63, 3.8) is 0 Å². The first-order valence-corrected chi connectivity index (χ1v) is 5.31. The molecule has 0 aliphatic heterocycles. The highest BCUT2D eigenvalue weighted by Gasteiger charge is 2.21. The van der Waals surface area contributed by atoms with Crippen molar-refractivity contribution in [2.45, 2.75) is 25.6 Å². The highest BCUT2D eigenvalue weighted by Crippen LogP contribution is 2.19. The van der Waals surface area contributed by atoms with Crippen molar-refractivity contribution in [3.8, 4) is 0 Å². The molecule has 5 heteroatoms. The monoisotopic (exact) mass is 242 g/mol. The minimum Gasteiger partial charge on any atom is -0.466 e. The molecule has 0 aromatic heterocycles. The third kappa shape index (κ3) is 4.13. The van der Waals surface area contributed by atoms with Crippen molar-refractivity contribution >= 4 is 5.97 Å². The number of esters is 1. The van der Waals surface area contributed by atoms with E-state index in [4.69, 9.17) is 0 Å². The third-order valence-corrected chi connectivity index (χ3v) is 2.26. The summed E-state index contributed by atoms with van der Waals surface area (Å²) in [7, 11) is 0. The van der Waals surface area contributed by atoms with Gasteiger partial charge in [0, 0.05) is 0 Å².